The van der Waals surface area contributed by atoms with Crippen LogP contribution in [0.15, 0.2) is 48.5 Å². The Labute approximate surface area is 159 Å². The molecule has 2 aromatic carbocycles. The highest BCUT2D eigenvalue weighted by Crippen LogP contribution is 2.24. The van der Waals surface area contributed by atoms with E-state index in [1.54, 1.807) is 32.4 Å². The van der Waals surface area contributed by atoms with Crippen LogP contribution in [-0.4, -0.2) is 40.3 Å². The van der Waals surface area contributed by atoms with Gasteiger partial charge in [0, 0.05) is 12.7 Å². The van der Waals surface area contributed by atoms with Crippen molar-refractivity contribution in [3.63, 3.8) is 0 Å². The number of benzene rings is 2. The number of alkyl carbamates (subject to hydrolysis) is 1. The minimum atomic E-state index is -0.617. The first-order valence-electron chi connectivity index (χ1n) is 8.45. The predicted octanol–water partition coefficient (Wildman–Crippen LogP) is 3.12. The smallest absolute Gasteiger partial charge is 0.409 e. The van der Waals surface area contributed by atoms with Crippen LogP contribution < -0.4 is 14.8 Å². The third-order valence-electron chi connectivity index (χ3n) is 3.79. The normalized spacial score (nSPS) is 11.5. The first-order chi connectivity index (χ1) is 13.2. The van der Waals surface area contributed by atoms with E-state index in [0.717, 1.165) is 5.56 Å². The summed E-state index contributed by atoms with van der Waals surface area (Å²) in [4.78, 5) is 12.0. The van der Waals surface area contributed by atoms with Gasteiger partial charge in [-0.15, -0.1) is 0 Å². The van der Waals surface area contributed by atoms with Crippen molar-refractivity contribution in [1.29, 1.82) is 0 Å². The van der Waals surface area contributed by atoms with Crippen LogP contribution in [0.2, 0.25) is 0 Å². The first kappa shape index (κ1) is 20.5. The number of carbonyl (C=O) groups excluding carboxylic acids is 1. The molecule has 2 aromatic rings. The van der Waals surface area contributed by atoms with Crippen LogP contribution in [-0.2, 0) is 27.4 Å². The predicted molar refractivity (Wildman–Crippen MR) is 99.8 cm³/mol. The summed E-state index contributed by atoms with van der Waals surface area (Å²) < 4.78 is 26.5. The Balaban J connectivity index is 1.79. The van der Waals surface area contributed by atoms with Crippen molar-refractivity contribution in [2.24, 2.45) is 0 Å². The van der Waals surface area contributed by atoms with Crippen molar-refractivity contribution >= 4 is 6.09 Å². The summed E-state index contributed by atoms with van der Waals surface area (Å²) in [5.41, 5.74) is 1.74. The highest BCUT2D eigenvalue weighted by molar-refractivity contribution is 5.67. The van der Waals surface area contributed by atoms with E-state index < -0.39 is 12.3 Å². The lowest BCUT2D eigenvalue weighted by Gasteiger charge is -2.17. The third kappa shape index (κ3) is 6.80. The lowest BCUT2D eigenvalue weighted by atomic mass is 10.2. The summed E-state index contributed by atoms with van der Waals surface area (Å²) in [5, 5.41) is 2.61. The van der Waals surface area contributed by atoms with Gasteiger partial charge >= 0.3 is 6.09 Å². The van der Waals surface area contributed by atoms with Gasteiger partial charge in [-0.3, -0.25) is 5.32 Å². The summed E-state index contributed by atoms with van der Waals surface area (Å²) in [5.74, 6) is 1.26. The summed E-state index contributed by atoms with van der Waals surface area (Å²) in [7, 11) is 4.61. The van der Waals surface area contributed by atoms with Crippen LogP contribution in [0, 0.1) is 0 Å². The van der Waals surface area contributed by atoms with E-state index in [4.69, 9.17) is 23.7 Å². The molecule has 0 aliphatic heterocycles. The number of nitrogens with one attached hydrogen (secondary N) is 1. The number of ether oxygens (including phenoxy) is 5. The zero-order chi connectivity index (χ0) is 19.5. The molecule has 7 nitrogen and oxygen atoms in total. The van der Waals surface area contributed by atoms with E-state index in [2.05, 4.69) is 5.32 Å². The molecule has 7 heteroatoms. The van der Waals surface area contributed by atoms with Crippen molar-refractivity contribution in [3.8, 4) is 11.5 Å². The second-order valence-corrected chi connectivity index (χ2v) is 5.62. The maximum Gasteiger partial charge on any atom is 0.409 e. The molecule has 146 valence electrons. The van der Waals surface area contributed by atoms with Gasteiger partial charge in [0.2, 0.25) is 0 Å². The minimum absolute atomic E-state index is 0.0352. The van der Waals surface area contributed by atoms with Gasteiger partial charge < -0.3 is 23.7 Å². The maximum absolute atomic E-state index is 12.0. The highest BCUT2D eigenvalue weighted by atomic mass is 16.6. The molecule has 1 atom stereocenters. The Morgan fingerprint density at radius 1 is 1.00 bits per heavy atom. The number of hydrogen-bond donors (Lipinski definition) is 1. The van der Waals surface area contributed by atoms with E-state index in [1.165, 1.54) is 7.11 Å². The van der Waals surface area contributed by atoms with Crippen molar-refractivity contribution < 1.29 is 28.5 Å². The quantitative estimate of drug-likeness (QED) is 0.643. The molecular formula is C20H25NO6. The molecule has 0 radical (unpaired) electrons. The van der Waals surface area contributed by atoms with Crippen molar-refractivity contribution in [3.05, 3.63) is 59.7 Å². The van der Waals surface area contributed by atoms with Gasteiger partial charge in [0.25, 0.3) is 0 Å². The maximum atomic E-state index is 12.0. The van der Waals surface area contributed by atoms with Gasteiger partial charge in [0.15, 0.2) is 6.23 Å². The van der Waals surface area contributed by atoms with E-state index in [9.17, 15) is 4.79 Å². The first-order valence-corrected chi connectivity index (χ1v) is 8.45. The topological polar surface area (TPSA) is 75.3 Å². The molecule has 27 heavy (non-hydrogen) atoms. The zero-order valence-corrected chi connectivity index (χ0v) is 15.8. The average Bonchev–Trinajstić information content (AvgIpc) is 2.72. The number of amides is 1. The Morgan fingerprint density at radius 2 is 1.78 bits per heavy atom. The molecule has 0 heterocycles. The molecule has 1 amide bonds. The highest BCUT2D eigenvalue weighted by Gasteiger charge is 2.14. The molecular weight excluding hydrogens is 350 g/mol. The van der Waals surface area contributed by atoms with Crippen LogP contribution in [0.4, 0.5) is 4.79 Å². The lowest BCUT2D eigenvalue weighted by Crippen LogP contribution is -2.39. The SMILES string of the molecule is COc1ccc(OC)c(COC(=O)NC(COCc2ccccc2)OC)c1. The average molecular weight is 375 g/mol. The van der Waals surface area contributed by atoms with E-state index >= 15 is 0 Å². The Kier molecular flexibility index (Phi) is 8.41. The zero-order valence-electron chi connectivity index (χ0n) is 15.8. The number of carbonyl (C=O) groups is 1. The van der Waals surface area contributed by atoms with Gasteiger partial charge in [-0.05, 0) is 23.8 Å². The molecule has 2 rings (SSSR count). The van der Waals surface area contributed by atoms with E-state index in [1.807, 2.05) is 30.3 Å². The van der Waals surface area contributed by atoms with E-state index in [-0.39, 0.29) is 13.2 Å². The van der Waals surface area contributed by atoms with Crippen LogP contribution in [0.1, 0.15) is 11.1 Å². The summed E-state index contributed by atoms with van der Waals surface area (Å²) in [6, 6.07) is 15.0. The second-order valence-electron chi connectivity index (χ2n) is 5.62. The Hall–Kier alpha value is -2.77. The molecule has 0 saturated heterocycles. The molecule has 0 bridgehead atoms. The Bertz CT molecular complexity index is 707. The fourth-order valence-electron chi connectivity index (χ4n) is 2.34. The minimum Gasteiger partial charge on any atom is -0.497 e. The van der Waals surface area contributed by atoms with Crippen LogP contribution in [0.5, 0.6) is 11.5 Å². The summed E-state index contributed by atoms with van der Waals surface area (Å²) in [6.07, 6.45) is -1.23. The van der Waals surface area contributed by atoms with Gasteiger partial charge in [0.05, 0.1) is 27.4 Å². The van der Waals surface area contributed by atoms with Crippen molar-refractivity contribution in [2.45, 2.75) is 19.4 Å². The summed E-state index contributed by atoms with van der Waals surface area (Å²) in [6.45, 7) is 0.662. The van der Waals surface area contributed by atoms with Gasteiger partial charge in [-0.1, -0.05) is 30.3 Å². The second kappa shape index (κ2) is 11.1. The molecule has 0 saturated carbocycles. The largest absolute Gasteiger partial charge is 0.497 e. The van der Waals surface area contributed by atoms with Gasteiger partial charge in [-0.25, -0.2) is 4.79 Å². The molecule has 0 aromatic heterocycles. The molecule has 1 unspecified atom stereocenters. The van der Waals surface area contributed by atoms with Crippen LogP contribution >= 0.6 is 0 Å². The summed E-state index contributed by atoms with van der Waals surface area (Å²) >= 11 is 0. The number of rotatable bonds is 10. The van der Waals surface area contributed by atoms with Crippen LogP contribution in [0.25, 0.3) is 0 Å². The fraction of sp³-hybridized carbons (Fsp3) is 0.350. The number of methoxy groups -OCH3 is 3. The molecule has 0 fully saturated rings. The monoisotopic (exact) mass is 375 g/mol. The Morgan fingerprint density at radius 3 is 2.44 bits per heavy atom. The molecule has 0 aliphatic carbocycles. The molecule has 0 aliphatic rings. The van der Waals surface area contributed by atoms with Crippen molar-refractivity contribution in [2.75, 3.05) is 27.9 Å². The molecule has 1 N–H and O–H groups in total. The molecule has 0 spiro atoms. The number of hydrogen-bond acceptors (Lipinski definition) is 6. The lowest BCUT2D eigenvalue weighted by molar-refractivity contribution is -0.0157. The fourth-order valence-corrected chi connectivity index (χ4v) is 2.34. The van der Waals surface area contributed by atoms with Gasteiger partial charge in [0.1, 0.15) is 18.1 Å². The van der Waals surface area contributed by atoms with Crippen molar-refractivity contribution in [1.82, 2.24) is 5.32 Å². The van der Waals surface area contributed by atoms with E-state index in [0.29, 0.717) is 23.7 Å². The van der Waals surface area contributed by atoms with Gasteiger partial charge in [-0.2, -0.15) is 0 Å². The third-order valence-corrected chi connectivity index (χ3v) is 3.79. The standard InChI is InChI=1S/C20H25NO6/c1-23-17-9-10-18(24-2)16(11-17)13-27-20(22)21-19(25-3)14-26-12-15-7-5-4-6-8-15/h4-11,19H,12-14H2,1-3H3,(H,21,22). The van der Waals surface area contributed by atoms with Crippen LogP contribution in [0.3, 0.4) is 0 Å².